The molecule has 0 saturated heterocycles. The summed E-state index contributed by atoms with van der Waals surface area (Å²) in [6.45, 7) is 4.26. The van der Waals surface area contributed by atoms with Crippen LogP contribution in [0.15, 0.2) is 48.8 Å². The van der Waals surface area contributed by atoms with Crippen LogP contribution >= 0.6 is 0 Å². The van der Waals surface area contributed by atoms with Gasteiger partial charge in [0.25, 0.3) is 0 Å². The second-order valence-corrected chi connectivity index (χ2v) is 7.00. The summed E-state index contributed by atoms with van der Waals surface area (Å²) in [6, 6.07) is 10.1. The molecule has 1 aromatic carbocycles. The van der Waals surface area contributed by atoms with Crippen LogP contribution in [0.3, 0.4) is 0 Å². The van der Waals surface area contributed by atoms with Crippen molar-refractivity contribution in [3.05, 3.63) is 59.9 Å². The molecule has 1 unspecified atom stereocenters. The molecule has 7 nitrogen and oxygen atoms in total. The molecule has 0 fully saturated rings. The highest BCUT2D eigenvalue weighted by atomic mass is 16.5. The first kappa shape index (κ1) is 21.2. The first-order valence-electron chi connectivity index (χ1n) is 9.20. The highest BCUT2D eigenvalue weighted by molar-refractivity contribution is 5.79. The van der Waals surface area contributed by atoms with Gasteiger partial charge in [-0.3, -0.25) is 9.88 Å². The van der Waals surface area contributed by atoms with Gasteiger partial charge in [0.1, 0.15) is 18.4 Å². The third kappa shape index (κ3) is 6.57. The van der Waals surface area contributed by atoms with Crippen LogP contribution < -0.4 is 4.74 Å². The average molecular weight is 386 g/mol. The number of ether oxygens (including phenoxy) is 1. The van der Waals surface area contributed by atoms with E-state index in [4.69, 9.17) is 4.74 Å². The Kier molecular flexibility index (Phi) is 7.80. The Balaban J connectivity index is 2.01. The zero-order valence-corrected chi connectivity index (χ0v) is 16.1. The van der Waals surface area contributed by atoms with Crippen LogP contribution in [0.2, 0.25) is 0 Å². The molecule has 1 aromatic heterocycles. The zero-order chi connectivity index (χ0) is 20.5. The van der Waals surface area contributed by atoms with E-state index in [1.165, 1.54) is 0 Å². The van der Waals surface area contributed by atoms with Gasteiger partial charge in [-0.15, -0.1) is 0 Å². The lowest BCUT2D eigenvalue weighted by atomic mass is 10.0. The van der Waals surface area contributed by atoms with Crippen LogP contribution in [0.1, 0.15) is 31.4 Å². The average Bonchev–Trinajstić information content (AvgIpc) is 2.66. The van der Waals surface area contributed by atoms with Gasteiger partial charge in [0.2, 0.25) is 0 Å². The van der Waals surface area contributed by atoms with Crippen molar-refractivity contribution < 1.29 is 24.5 Å². The Morgan fingerprint density at radius 3 is 2.43 bits per heavy atom. The van der Waals surface area contributed by atoms with Crippen LogP contribution in [0.5, 0.6) is 5.75 Å². The molecule has 0 bridgehead atoms. The van der Waals surface area contributed by atoms with Crippen molar-refractivity contribution >= 4 is 12.1 Å². The predicted molar refractivity (Wildman–Crippen MR) is 104 cm³/mol. The number of amides is 1. The van der Waals surface area contributed by atoms with Crippen molar-refractivity contribution in [2.24, 2.45) is 5.92 Å². The van der Waals surface area contributed by atoms with E-state index in [-0.39, 0.29) is 18.9 Å². The van der Waals surface area contributed by atoms with E-state index in [0.717, 1.165) is 16.0 Å². The lowest BCUT2D eigenvalue weighted by Crippen LogP contribution is -2.46. The number of carbonyl (C=O) groups is 2. The summed E-state index contributed by atoms with van der Waals surface area (Å²) in [5, 5.41) is 18.9. The van der Waals surface area contributed by atoms with Gasteiger partial charge in [0.15, 0.2) is 0 Å². The van der Waals surface area contributed by atoms with E-state index in [1.54, 1.807) is 12.4 Å². The van der Waals surface area contributed by atoms with Crippen LogP contribution in [-0.2, 0) is 17.8 Å². The Morgan fingerprint density at radius 2 is 1.82 bits per heavy atom. The third-order valence-corrected chi connectivity index (χ3v) is 4.30. The van der Waals surface area contributed by atoms with Crippen molar-refractivity contribution in [3.63, 3.8) is 0 Å². The summed E-state index contributed by atoms with van der Waals surface area (Å²) >= 11 is 0. The molecule has 1 atom stereocenters. The van der Waals surface area contributed by atoms with Gasteiger partial charge in [-0.1, -0.05) is 26.0 Å². The molecular formula is C21H26N2O5. The monoisotopic (exact) mass is 386 g/mol. The molecule has 2 N–H and O–H groups in total. The largest absolute Gasteiger partial charge is 0.489 e. The number of pyridine rings is 1. The molecule has 0 saturated carbocycles. The van der Waals surface area contributed by atoms with Gasteiger partial charge in [0.05, 0.1) is 0 Å². The number of benzene rings is 1. The minimum absolute atomic E-state index is 0.0767. The highest BCUT2D eigenvalue weighted by Gasteiger charge is 2.29. The lowest BCUT2D eigenvalue weighted by molar-refractivity contribution is -0.143. The predicted octanol–water partition coefficient (Wildman–Crippen LogP) is 3.68. The molecule has 150 valence electrons. The van der Waals surface area contributed by atoms with E-state index in [2.05, 4.69) is 4.98 Å². The number of hydrogen-bond donors (Lipinski definition) is 2. The molecule has 1 heterocycles. The summed E-state index contributed by atoms with van der Waals surface area (Å²) < 4.78 is 5.77. The maximum absolute atomic E-state index is 11.6. The van der Waals surface area contributed by atoms with E-state index in [1.807, 2.05) is 50.2 Å². The molecule has 0 aliphatic rings. The third-order valence-electron chi connectivity index (χ3n) is 4.30. The Bertz CT molecular complexity index is 779. The summed E-state index contributed by atoms with van der Waals surface area (Å²) in [5.41, 5.74) is 1.88. The number of aliphatic carboxylic acids is 1. The molecule has 0 aliphatic heterocycles. The van der Waals surface area contributed by atoms with Crippen LogP contribution in [0, 0.1) is 5.92 Å². The summed E-state index contributed by atoms with van der Waals surface area (Å²) in [7, 11) is 0. The zero-order valence-electron chi connectivity index (χ0n) is 16.1. The van der Waals surface area contributed by atoms with Gasteiger partial charge in [-0.25, -0.2) is 9.59 Å². The van der Waals surface area contributed by atoms with Crippen molar-refractivity contribution in [3.8, 4) is 5.75 Å². The first-order chi connectivity index (χ1) is 13.4. The Hall–Kier alpha value is -3.09. The quantitative estimate of drug-likeness (QED) is 0.646. The highest BCUT2D eigenvalue weighted by Crippen LogP contribution is 2.18. The Morgan fingerprint density at radius 1 is 1.11 bits per heavy atom. The number of carboxylic acid groups (broad SMARTS) is 2. The standard InChI is InChI=1S/C21H26N2O5/c1-15(2)12-19(20(24)25)23(21(26)27)11-8-16-4-3-5-18(13-16)28-14-17-6-9-22-10-7-17/h3-7,9-10,13,15,19H,8,11-12,14H2,1-2H3,(H,24,25)(H,26,27). The fourth-order valence-electron chi connectivity index (χ4n) is 2.88. The molecule has 0 aliphatic carbocycles. The molecular weight excluding hydrogens is 360 g/mol. The number of rotatable bonds is 10. The van der Waals surface area contributed by atoms with Gasteiger partial charge in [-0.2, -0.15) is 0 Å². The van der Waals surface area contributed by atoms with Crippen molar-refractivity contribution in [2.75, 3.05) is 6.54 Å². The number of nitrogens with zero attached hydrogens (tertiary/aromatic N) is 2. The number of aromatic nitrogens is 1. The van der Waals surface area contributed by atoms with Gasteiger partial charge in [0, 0.05) is 18.9 Å². The molecule has 0 spiro atoms. The van der Waals surface area contributed by atoms with Gasteiger partial charge < -0.3 is 14.9 Å². The van der Waals surface area contributed by atoms with Crippen LogP contribution in [0.4, 0.5) is 4.79 Å². The van der Waals surface area contributed by atoms with Gasteiger partial charge >= 0.3 is 12.1 Å². The summed E-state index contributed by atoms with van der Waals surface area (Å²) in [4.78, 5) is 28.1. The maximum atomic E-state index is 11.6. The van der Waals surface area contributed by atoms with E-state index < -0.39 is 18.1 Å². The van der Waals surface area contributed by atoms with Crippen LogP contribution in [0.25, 0.3) is 0 Å². The lowest BCUT2D eigenvalue weighted by Gasteiger charge is -2.27. The SMILES string of the molecule is CC(C)CC(C(=O)O)N(CCc1cccc(OCc2ccncc2)c1)C(=O)O. The topological polar surface area (TPSA) is 100.0 Å². The molecule has 1 amide bonds. The van der Waals surface area contributed by atoms with Crippen LogP contribution in [-0.4, -0.2) is 44.7 Å². The normalized spacial score (nSPS) is 11.8. The minimum Gasteiger partial charge on any atom is -0.489 e. The molecule has 0 radical (unpaired) electrons. The Labute approximate surface area is 164 Å². The number of hydrogen-bond acceptors (Lipinski definition) is 4. The summed E-state index contributed by atoms with van der Waals surface area (Å²) in [6.07, 6.45) is 2.85. The molecule has 2 aromatic rings. The summed E-state index contributed by atoms with van der Waals surface area (Å²) in [5.74, 6) is -0.369. The fourth-order valence-corrected chi connectivity index (χ4v) is 2.88. The number of carboxylic acids is 1. The van der Waals surface area contributed by atoms with Gasteiger partial charge in [-0.05, 0) is 54.2 Å². The maximum Gasteiger partial charge on any atom is 0.408 e. The second kappa shape index (κ2) is 10.3. The van der Waals surface area contributed by atoms with E-state index in [0.29, 0.717) is 18.8 Å². The molecule has 7 heteroatoms. The van der Waals surface area contributed by atoms with Crippen molar-refractivity contribution in [1.82, 2.24) is 9.88 Å². The molecule has 2 rings (SSSR count). The van der Waals surface area contributed by atoms with E-state index >= 15 is 0 Å². The molecule has 28 heavy (non-hydrogen) atoms. The second-order valence-electron chi connectivity index (χ2n) is 7.00. The van der Waals surface area contributed by atoms with Crippen molar-refractivity contribution in [1.29, 1.82) is 0 Å². The smallest absolute Gasteiger partial charge is 0.408 e. The van der Waals surface area contributed by atoms with E-state index in [9.17, 15) is 19.8 Å². The first-order valence-corrected chi connectivity index (χ1v) is 9.20. The fraction of sp³-hybridized carbons (Fsp3) is 0.381. The minimum atomic E-state index is -1.22. The van der Waals surface area contributed by atoms with Crippen molar-refractivity contribution in [2.45, 2.75) is 39.3 Å².